The number of nitrogens with zero attached hydrogens (tertiary/aromatic N) is 5. The van der Waals surface area contributed by atoms with Crippen molar-refractivity contribution in [2.75, 3.05) is 23.8 Å². The fourth-order valence-electron chi connectivity index (χ4n) is 3.96. The van der Waals surface area contributed by atoms with Crippen LogP contribution in [0.4, 0.5) is 5.13 Å². The lowest BCUT2D eigenvalue weighted by atomic mass is 10.0. The molecule has 3 aliphatic rings. The molecule has 3 aliphatic heterocycles. The Bertz CT molecular complexity index is 1370. The number of carboxylic acids is 1. The minimum atomic E-state index is -1.25. The van der Waals surface area contributed by atoms with Gasteiger partial charge in [-0.05, 0) is 24.6 Å². The molecule has 8 N–H and O–H groups in total. The first-order valence-corrected chi connectivity index (χ1v) is 14.7. The lowest BCUT2D eigenvalue weighted by molar-refractivity contribution is -0.150. The maximum Gasteiger partial charge on any atom is 0.352 e. The Kier molecular flexibility index (Phi) is 9.18. The smallest absolute Gasteiger partial charge is 0.352 e. The summed E-state index contributed by atoms with van der Waals surface area (Å²) in [5.74, 6) is -1.71. The van der Waals surface area contributed by atoms with Crippen LogP contribution in [0, 0.1) is 0 Å². The minimum absolute atomic E-state index is 0.121. The van der Waals surface area contributed by atoms with Gasteiger partial charge in [0.1, 0.15) is 41.1 Å². The number of thioether (sulfide) groups is 2. The molecule has 0 bridgehead atoms. The van der Waals surface area contributed by atoms with Gasteiger partial charge >= 0.3 is 5.97 Å². The van der Waals surface area contributed by atoms with Crippen molar-refractivity contribution in [3.05, 3.63) is 59.2 Å². The number of nitrogens with two attached hydrogens (primary N) is 3. The first-order valence-electron chi connectivity index (χ1n) is 11.7. The molecule has 40 heavy (non-hydrogen) atoms. The molecule has 212 valence electrons. The number of nitrogen functional groups attached to an aromatic ring is 1. The molecule has 14 nitrogen and oxygen atoms in total. The van der Waals surface area contributed by atoms with Crippen LogP contribution in [-0.4, -0.2) is 84.2 Å². The number of aromatic nitrogens is 1. The summed E-state index contributed by atoms with van der Waals surface area (Å²) in [5, 5.41) is 18.1. The summed E-state index contributed by atoms with van der Waals surface area (Å²) in [6.45, 7) is 5.86. The molecule has 2 amide bonds. The van der Waals surface area contributed by atoms with E-state index in [-0.39, 0.29) is 33.8 Å². The zero-order valence-electron chi connectivity index (χ0n) is 21.2. The molecule has 17 heteroatoms. The van der Waals surface area contributed by atoms with E-state index in [0.717, 1.165) is 11.3 Å². The average Bonchev–Trinajstić information content (AvgIpc) is 3.34. The van der Waals surface area contributed by atoms with Gasteiger partial charge in [0.25, 0.3) is 11.8 Å². The van der Waals surface area contributed by atoms with Gasteiger partial charge in [0.2, 0.25) is 0 Å². The van der Waals surface area contributed by atoms with Gasteiger partial charge in [-0.1, -0.05) is 23.0 Å². The molecule has 0 aliphatic carbocycles. The molecule has 0 spiro atoms. The lowest BCUT2D eigenvalue weighted by Crippen LogP contribution is -2.71. The van der Waals surface area contributed by atoms with Crippen molar-refractivity contribution >= 4 is 68.7 Å². The van der Waals surface area contributed by atoms with Crippen molar-refractivity contribution in [3.63, 3.8) is 0 Å². The maximum atomic E-state index is 13.1. The highest BCUT2D eigenvalue weighted by Gasteiger charge is 2.54. The summed E-state index contributed by atoms with van der Waals surface area (Å²) in [4.78, 5) is 54.9. The van der Waals surface area contributed by atoms with Crippen LogP contribution in [0.5, 0.6) is 0 Å². The zero-order chi connectivity index (χ0) is 29.0. The predicted octanol–water partition coefficient (Wildman–Crippen LogP) is 0.394. The Hall–Kier alpha value is -3.80. The number of aliphatic imine (C=N–C) groups is 1. The SMILES string of the molecule is C=CCN1C(SCC2=C(C(=O)O)N3C(=O)C(NC(=O)/C(=N\OC=CC)c4csc(N)n4)[C@@H]3SC2)=NC(N)=CC1N. The van der Waals surface area contributed by atoms with E-state index < -0.39 is 35.4 Å². The lowest BCUT2D eigenvalue weighted by Gasteiger charge is -2.49. The van der Waals surface area contributed by atoms with E-state index >= 15 is 0 Å². The number of fused-ring (bicyclic) bond motifs is 1. The van der Waals surface area contributed by atoms with E-state index in [1.54, 1.807) is 30.1 Å². The third kappa shape index (κ3) is 6.01. The topological polar surface area (TPSA) is 215 Å². The van der Waals surface area contributed by atoms with Crippen molar-refractivity contribution < 1.29 is 24.3 Å². The number of thiazole rings is 1. The highest BCUT2D eigenvalue weighted by molar-refractivity contribution is 8.14. The second kappa shape index (κ2) is 12.6. The van der Waals surface area contributed by atoms with Crippen LogP contribution < -0.4 is 22.5 Å². The maximum absolute atomic E-state index is 13.1. The van der Waals surface area contributed by atoms with Crippen molar-refractivity contribution in [1.82, 2.24) is 20.1 Å². The molecule has 1 aromatic rings. The number of β-lactam (4-membered cyclic amide) rings is 1. The highest BCUT2D eigenvalue weighted by atomic mass is 32.2. The molecular weight excluding hydrogens is 579 g/mol. The number of aliphatic carboxylic acids is 1. The number of carbonyl (C=O) groups is 3. The normalized spacial score (nSPS) is 22.9. The van der Waals surface area contributed by atoms with Gasteiger partial charge < -0.3 is 37.4 Å². The van der Waals surface area contributed by atoms with E-state index in [1.165, 1.54) is 40.1 Å². The molecule has 1 fully saturated rings. The van der Waals surface area contributed by atoms with E-state index in [9.17, 15) is 19.5 Å². The van der Waals surface area contributed by atoms with Crippen LogP contribution >= 0.6 is 34.9 Å². The largest absolute Gasteiger partial charge is 0.477 e. The molecule has 0 radical (unpaired) electrons. The highest BCUT2D eigenvalue weighted by Crippen LogP contribution is 2.41. The third-order valence-corrected chi connectivity index (χ3v) is 8.82. The van der Waals surface area contributed by atoms with E-state index in [2.05, 4.69) is 27.0 Å². The molecule has 1 saturated heterocycles. The second-order valence-electron chi connectivity index (χ2n) is 8.41. The van der Waals surface area contributed by atoms with Gasteiger partial charge in [0, 0.05) is 23.4 Å². The fourth-order valence-corrected chi connectivity index (χ4v) is 7.06. The Morgan fingerprint density at radius 2 is 2.20 bits per heavy atom. The Morgan fingerprint density at radius 3 is 2.85 bits per heavy atom. The molecule has 4 rings (SSSR count). The zero-order valence-corrected chi connectivity index (χ0v) is 23.7. The average molecular weight is 606 g/mol. The Labute approximate surface area is 241 Å². The van der Waals surface area contributed by atoms with E-state index in [4.69, 9.17) is 22.0 Å². The summed E-state index contributed by atoms with van der Waals surface area (Å²) >= 11 is 3.72. The number of carboxylic acid groups (broad SMARTS) is 1. The number of oxime groups is 1. The second-order valence-corrected chi connectivity index (χ2v) is 11.3. The minimum Gasteiger partial charge on any atom is -0.477 e. The molecule has 4 heterocycles. The number of rotatable bonds is 10. The molecule has 0 saturated carbocycles. The van der Waals surface area contributed by atoms with Gasteiger partial charge in [-0.3, -0.25) is 14.5 Å². The van der Waals surface area contributed by atoms with Gasteiger partial charge in [-0.15, -0.1) is 29.7 Å². The number of nitrogens with one attached hydrogen (secondary N) is 1. The van der Waals surface area contributed by atoms with Gasteiger partial charge in [-0.25, -0.2) is 14.8 Å². The van der Waals surface area contributed by atoms with Crippen LogP contribution in [0.1, 0.15) is 12.6 Å². The van der Waals surface area contributed by atoms with E-state index in [0.29, 0.717) is 23.0 Å². The first-order chi connectivity index (χ1) is 19.2. The number of carbonyl (C=O) groups excluding carboxylic acids is 2. The molecule has 1 aromatic heterocycles. The predicted molar refractivity (Wildman–Crippen MR) is 156 cm³/mol. The fraction of sp³-hybridized carbons (Fsp3) is 0.304. The number of amidine groups is 1. The van der Waals surface area contributed by atoms with Gasteiger partial charge in [0.15, 0.2) is 16.0 Å². The number of allylic oxidation sites excluding steroid dienone is 1. The van der Waals surface area contributed by atoms with Crippen LogP contribution in [-0.2, 0) is 19.2 Å². The number of hydrogen-bond acceptors (Lipinski definition) is 14. The monoisotopic (exact) mass is 605 g/mol. The van der Waals surface area contributed by atoms with Crippen LogP contribution in [0.15, 0.2) is 63.7 Å². The summed E-state index contributed by atoms with van der Waals surface area (Å²) in [6.07, 6.45) is 5.63. The van der Waals surface area contributed by atoms with Gasteiger partial charge in [0.05, 0.1) is 0 Å². The van der Waals surface area contributed by atoms with Crippen LogP contribution in [0.25, 0.3) is 0 Å². The number of amides is 2. The van der Waals surface area contributed by atoms with Crippen molar-refractivity contribution in [2.45, 2.75) is 24.5 Å². The summed E-state index contributed by atoms with van der Waals surface area (Å²) in [7, 11) is 0. The Morgan fingerprint density at radius 1 is 1.43 bits per heavy atom. The molecular formula is C23H27N9O5S3. The Balaban J connectivity index is 1.50. The summed E-state index contributed by atoms with van der Waals surface area (Å²) in [5.41, 5.74) is 18.1. The molecule has 2 unspecified atom stereocenters. The number of anilines is 1. The number of hydrogen-bond donors (Lipinski definition) is 5. The third-order valence-electron chi connectivity index (χ3n) is 5.73. The van der Waals surface area contributed by atoms with Gasteiger partial charge in [-0.2, -0.15) is 0 Å². The standard InChI is InChI=1S/C23H27N9O5S3/c1-3-5-31-14(25)7-13(24)28-23(31)40-9-11-8-38-20-16(19(34)32(20)17(11)21(35)36)29-18(33)15(30-37-6-4-2)12-10-39-22(26)27-12/h3-4,6-7,10,14,16,20H,1,5,8-9,24-25H2,2H3,(H2,26,27)(H,29,33)(H,35,36)/b6-4?,30-15-/t14?,16?,20-/m0/s1. The molecule has 0 aromatic carbocycles. The quantitative estimate of drug-likeness (QED) is 0.0805. The van der Waals surface area contributed by atoms with Crippen molar-refractivity contribution in [1.29, 1.82) is 0 Å². The molecule has 3 atom stereocenters. The van der Waals surface area contributed by atoms with E-state index in [1.807, 2.05) is 0 Å². The summed E-state index contributed by atoms with van der Waals surface area (Å²) < 4.78 is 0. The first kappa shape index (κ1) is 29.2. The van der Waals surface area contributed by atoms with Crippen molar-refractivity contribution in [3.8, 4) is 0 Å². The van der Waals surface area contributed by atoms with Crippen LogP contribution in [0.3, 0.4) is 0 Å². The van der Waals surface area contributed by atoms with Crippen molar-refractivity contribution in [2.24, 2.45) is 21.6 Å². The van der Waals surface area contributed by atoms with Crippen LogP contribution in [0.2, 0.25) is 0 Å². The summed E-state index contributed by atoms with van der Waals surface area (Å²) in [6, 6.07) is -0.974.